The van der Waals surface area contributed by atoms with Gasteiger partial charge in [-0.15, -0.1) is 0 Å². The number of aliphatic carboxylic acids is 1. The molecular formula is C47H88NO8+. The lowest BCUT2D eigenvalue weighted by molar-refractivity contribution is -0.870. The summed E-state index contributed by atoms with van der Waals surface area (Å²) in [4.78, 5) is 37.1. The Bertz CT molecular complexity index is 976. The zero-order valence-corrected chi connectivity index (χ0v) is 37.1. The van der Waals surface area contributed by atoms with Crippen LogP contribution in [0.15, 0.2) is 24.3 Å². The Balaban J connectivity index is 4.39. The highest BCUT2D eigenvalue weighted by molar-refractivity contribution is 5.71. The van der Waals surface area contributed by atoms with Gasteiger partial charge in [-0.25, -0.2) is 4.79 Å². The van der Waals surface area contributed by atoms with Crippen molar-refractivity contribution in [2.24, 2.45) is 0 Å². The summed E-state index contributed by atoms with van der Waals surface area (Å²) in [6.45, 7) is 4.84. The van der Waals surface area contributed by atoms with Gasteiger partial charge in [-0.05, 0) is 64.2 Å². The molecule has 0 aliphatic carbocycles. The lowest BCUT2D eigenvalue weighted by Crippen LogP contribution is -2.40. The van der Waals surface area contributed by atoms with E-state index in [1.54, 1.807) is 0 Å². The molecule has 9 heteroatoms. The second kappa shape index (κ2) is 39.6. The van der Waals surface area contributed by atoms with E-state index in [1.165, 1.54) is 116 Å². The second-order valence-electron chi connectivity index (χ2n) is 16.7. The van der Waals surface area contributed by atoms with Crippen LogP contribution in [0.2, 0.25) is 0 Å². The zero-order chi connectivity index (χ0) is 41.4. The highest BCUT2D eigenvalue weighted by Gasteiger charge is 2.25. The molecule has 0 rings (SSSR count). The fraction of sp³-hybridized carbons (Fsp3) is 0.851. The van der Waals surface area contributed by atoms with Gasteiger partial charge >= 0.3 is 17.9 Å². The van der Waals surface area contributed by atoms with Crippen molar-refractivity contribution in [3.8, 4) is 0 Å². The summed E-state index contributed by atoms with van der Waals surface area (Å²) < 4.78 is 22.7. The number of esters is 2. The first-order chi connectivity index (χ1) is 27.1. The molecule has 0 aliphatic heterocycles. The number of hydrogen-bond donors (Lipinski definition) is 1. The van der Waals surface area contributed by atoms with Crippen molar-refractivity contribution < 1.29 is 42.9 Å². The van der Waals surface area contributed by atoms with E-state index in [2.05, 4.69) is 38.2 Å². The third kappa shape index (κ3) is 40.0. The van der Waals surface area contributed by atoms with Gasteiger partial charge in [-0.3, -0.25) is 9.59 Å². The molecule has 0 aromatic carbocycles. The van der Waals surface area contributed by atoms with E-state index in [0.717, 1.165) is 57.8 Å². The molecule has 0 spiro atoms. The Morgan fingerprint density at radius 2 is 0.911 bits per heavy atom. The van der Waals surface area contributed by atoms with Crippen molar-refractivity contribution in [2.75, 3.05) is 47.5 Å². The maximum Gasteiger partial charge on any atom is 0.361 e. The average molecular weight is 795 g/mol. The smallest absolute Gasteiger partial charge is 0.361 e. The minimum atomic E-state index is -1.51. The number of carbonyl (C=O) groups is 3. The normalized spacial score (nSPS) is 13.1. The summed E-state index contributed by atoms with van der Waals surface area (Å²) in [6, 6.07) is 0. The summed E-state index contributed by atoms with van der Waals surface area (Å²) in [5.41, 5.74) is 0. The van der Waals surface area contributed by atoms with E-state index in [9.17, 15) is 19.5 Å². The predicted octanol–water partition coefficient (Wildman–Crippen LogP) is 12.1. The third-order valence-corrected chi connectivity index (χ3v) is 9.93. The number of carboxylic acids is 1. The third-order valence-electron chi connectivity index (χ3n) is 9.93. The quantitative estimate of drug-likeness (QED) is 0.0214. The molecule has 2 unspecified atom stereocenters. The minimum absolute atomic E-state index is 0.185. The lowest BCUT2D eigenvalue weighted by Gasteiger charge is -2.25. The maximum atomic E-state index is 12.8. The van der Waals surface area contributed by atoms with E-state index in [-0.39, 0.29) is 32.2 Å². The fourth-order valence-corrected chi connectivity index (χ4v) is 6.29. The second-order valence-corrected chi connectivity index (χ2v) is 16.7. The number of nitrogens with zero attached hydrogens (tertiary/aromatic N) is 1. The van der Waals surface area contributed by atoms with E-state index in [0.29, 0.717) is 17.4 Å². The predicted molar refractivity (Wildman–Crippen MR) is 231 cm³/mol. The van der Waals surface area contributed by atoms with Gasteiger partial charge in [0, 0.05) is 12.8 Å². The number of likely N-dealkylation sites (N-methyl/N-ethyl adjacent to an activating group) is 1. The van der Waals surface area contributed by atoms with Gasteiger partial charge in [0.1, 0.15) is 13.2 Å². The highest BCUT2D eigenvalue weighted by Crippen LogP contribution is 2.14. The number of allylic oxidation sites excluding steroid dienone is 4. The summed E-state index contributed by atoms with van der Waals surface area (Å²) in [5, 5.41) is 9.63. The molecule has 328 valence electrons. The number of rotatable bonds is 42. The van der Waals surface area contributed by atoms with Gasteiger partial charge in [-0.1, -0.05) is 147 Å². The van der Waals surface area contributed by atoms with Gasteiger partial charge in [0.05, 0.1) is 34.4 Å². The Labute approximate surface area is 344 Å². The molecule has 0 aromatic heterocycles. The van der Waals surface area contributed by atoms with Crippen LogP contribution in [-0.4, -0.2) is 87.4 Å². The van der Waals surface area contributed by atoms with E-state index < -0.39 is 24.3 Å². The van der Waals surface area contributed by atoms with Crippen LogP contribution in [0.3, 0.4) is 0 Å². The van der Waals surface area contributed by atoms with Gasteiger partial charge in [0.25, 0.3) is 6.29 Å². The molecule has 0 aromatic rings. The standard InChI is InChI=1S/C47H87NO8/c1-6-8-10-12-14-16-18-20-21-22-23-24-25-26-28-30-32-34-36-38-45(50)56-43(42-55-47(46(51)52)53-40-39-48(3,4)5)41-54-44(49)37-35-33-31-29-27-19-17-15-13-11-9-7-2/h15,17,20-21,43,47H,6-14,16,18-19,22-42H2,1-5H3/p+1/b17-15-,21-20-. The summed E-state index contributed by atoms with van der Waals surface area (Å²) in [7, 11) is 5.95. The molecule has 0 fully saturated rings. The van der Waals surface area contributed by atoms with Crippen LogP contribution in [0.4, 0.5) is 0 Å². The minimum Gasteiger partial charge on any atom is -0.477 e. The van der Waals surface area contributed by atoms with Crippen molar-refractivity contribution in [1.82, 2.24) is 0 Å². The Morgan fingerprint density at radius 1 is 0.518 bits per heavy atom. The first-order valence-corrected chi connectivity index (χ1v) is 23.0. The topological polar surface area (TPSA) is 108 Å². The number of carboxylic acid groups (broad SMARTS) is 1. The molecule has 0 heterocycles. The summed E-state index contributed by atoms with van der Waals surface area (Å²) in [6.07, 6.45) is 39.5. The first kappa shape index (κ1) is 53.8. The zero-order valence-electron chi connectivity index (χ0n) is 37.1. The molecule has 2 atom stereocenters. The average Bonchev–Trinajstić information content (AvgIpc) is 3.15. The monoisotopic (exact) mass is 795 g/mol. The molecular weight excluding hydrogens is 707 g/mol. The fourth-order valence-electron chi connectivity index (χ4n) is 6.29. The van der Waals surface area contributed by atoms with Crippen molar-refractivity contribution in [1.29, 1.82) is 0 Å². The summed E-state index contributed by atoms with van der Waals surface area (Å²) >= 11 is 0. The number of unbranched alkanes of at least 4 members (excludes halogenated alkanes) is 23. The van der Waals surface area contributed by atoms with Crippen molar-refractivity contribution in [3.05, 3.63) is 24.3 Å². The van der Waals surface area contributed by atoms with Crippen LogP contribution >= 0.6 is 0 Å². The lowest BCUT2D eigenvalue weighted by atomic mass is 10.1. The molecule has 0 saturated carbocycles. The van der Waals surface area contributed by atoms with Crippen LogP contribution in [0.5, 0.6) is 0 Å². The van der Waals surface area contributed by atoms with Crippen LogP contribution in [0, 0.1) is 0 Å². The van der Waals surface area contributed by atoms with Gasteiger partial charge in [0.15, 0.2) is 6.10 Å². The molecule has 0 bridgehead atoms. The van der Waals surface area contributed by atoms with E-state index in [1.807, 2.05) is 21.1 Å². The largest absolute Gasteiger partial charge is 0.477 e. The Morgan fingerprint density at radius 3 is 1.36 bits per heavy atom. The number of carbonyl (C=O) groups excluding carboxylic acids is 2. The molecule has 0 saturated heterocycles. The van der Waals surface area contributed by atoms with Crippen LogP contribution < -0.4 is 0 Å². The summed E-state index contributed by atoms with van der Waals surface area (Å²) in [5.74, 6) is -2.02. The molecule has 1 N–H and O–H groups in total. The van der Waals surface area contributed by atoms with Gasteiger partial charge in [0.2, 0.25) is 0 Å². The maximum absolute atomic E-state index is 12.8. The number of ether oxygens (including phenoxy) is 4. The molecule has 0 aliphatic rings. The van der Waals surface area contributed by atoms with Crippen LogP contribution in [0.1, 0.15) is 200 Å². The molecule has 0 amide bonds. The van der Waals surface area contributed by atoms with E-state index >= 15 is 0 Å². The van der Waals surface area contributed by atoms with Crippen LogP contribution in [0.25, 0.3) is 0 Å². The number of quaternary nitrogens is 1. The number of hydrogen-bond acceptors (Lipinski definition) is 7. The molecule has 0 radical (unpaired) electrons. The van der Waals surface area contributed by atoms with Crippen LogP contribution in [-0.2, 0) is 33.3 Å². The van der Waals surface area contributed by atoms with Crippen molar-refractivity contribution in [2.45, 2.75) is 212 Å². The SMILES string of the molecule is CCCCC/C=C\CCCCCCCC(=O)OCC(COC(OCC[N+](C)(C)C)C(=O)O)OC(=O)CCCCCCCCCCC/C=C\CCCCCCCC. The van der Waals surface area contributed by atoms with Gasteiger partial charge in [-0.2, -0.15) is 0 Å². The Kier molecular flexibility index (Phi) is 38.0. The van der Waals surface area contributed by atoms with Crippen molar-refractivity contribution in [3.63, 3.8) is 0 Å². The highest BCUT2D eigenvalue weighted by atomic mass is 16.7. The molecule has 9 nitrogen and oxygen atoms in total. The van der Waals surface area contributed by atoms with Gasteiger partial charge < -0.3 is 28.5 Å². The first-order valence-electron chi connectivity index (χ1n) is 23.0. The van der Waals surface area contributed by atoms with E-state index in [4.69, 9.17) is 18.9 Å². The van der Waals surface area contributed by atoms with Crippen molar-refractivity contribution >= 4 is 17.9 Å². The molecule has 56 heavy (non-hydrogen) atoms. The Hall–Kier alpha value is -2.23.